The number of ether oxygens (including phenoxy) is 12. The summed E-state index contributed by atoms with van der Waals surface area (Å²) in [5.41, 5.74) is 0. The molecule has 0 aromatic carbocycles. The van der Waals surface area contributed by atoms with E-state index in [1.165, 1.54) is 23.7 Å². The first-order chi connectivity index (χ1) is 21.8. The lowest BCUT2D eigenvalue weighted by Gasteiger charge is -2.09. The fraction of sp³-hybridized carbons (Fsp3) is 1.00. The van der Waals surface area contributed by atoms with Crippen LogP contribution in [0.25, 0.3) is 0 Å². The zero-order valence-electron chi connectivity index (χ0n) is 27.7. The molecule has 0 aliphatic heterocycles. The highest BCUT2D eigenvalue weighted by Crippen LogP contribution is 2.02. The number of halogens is 1. The van der Waals surface area contributed by atoms with Crippen molar-refractivity contribution in [3.8, 4) is 0 Å². The maximum atomic E-state index is 5.56. The number of rotatable bonds is 40. The summed E-state index contributed by atoms with van der Waals surface area (Å²) in [7, 11) is 0. The molecule has 0 unspecified atom stereocenters. The van der Waals surface area contributed by atoms with Gasteiger partial charge in [-0.2, -0.15) is 0 Å². The van der Waals surface area contributed by atoms with Crippen molar-refractivity contribution >= 4 is 22.6 Å². The molecule has 0 aromatic heterocycles. The molecule has 13 heteroatoms. The summed E-state index contributed by atoms with van der Waals surface area (Å²) < 4.78 is 66.9. The van der Waals surface area contributed by atoms with Crippen molar-refractivity contribution < 1.29 is 56.8 Å². The van der Waals surface area contributed by atoms with E-state index in [-0.39, 0.29) is 6.10 Å². The van der Waals surface area contributed by atoms with Crippen LogP contribution in [-0.2, 0) is 56.8 Å². The van der Waals surface area contributed by atoms with Crippen LogP contribution in [0.4, 0.5) is 0 Å². The van der Waals surface area contributed by atoms with Gasteiger partial charge in [-0.25, -0.2) is 0 Å². The normalized spacial score (nSPS) is 11.7. The second-order valence-electron chi connectivity index (χ2n) is 9.76. The van der Waals surface area contributed by atoms with Gasteiger partial charge in [0.25, 0.3) is 0 Å². The molecule has 0 N–H and O–H groups in total. The SMILES string of the molecule is CC(C)OCCOCCOCCOCCOCCOCCOCCOCCOCCOCCOCCOCCCCCCI. The Morgan fingerprint density at radius 1 is 0.295 bits per heavy atom. The Hall–Kier alpha value is 0.250. The summed E-state index contributed by atoms with van der Waals surface area (Å²) in [5, 5.41) is 0. The molecule has 12 nitrogen and oxygen atoms in total. The molecule has 0 saturated heterocycles. The van der Waals surface area contributed by atoms with Gasteiger partial charge >= 0.3 is 0 Å². The zero-order chi connectivity index (χ0) is 31.9. The molecular weight excluding hydrogens is 691 g/mol. The predicted molar refractivity (Wildman–Crippen MR) is 177 cm³/mol. The lowest BCUT2D eigenvalue weighted by Crippen LogP contribution is -2.15. The average Bonchev–Trinajstić information content (AvgIpc) is 3.02. The van der Waals surface area contributed by atoms with E-state index in [0.717, 1.165) is 13.0 Å². The minimum Gasteiger partial charge on any atom is -0.379 e. The number of hydrogen-bond acceptors (Lipinski definition) is 12. The Labute approximate surface area is 280 Å². The molecule has 0 heterocycles. The maximum Gasteiger partial charge on any atom is 0.0703 e. The molecule has 0 aliphatic carbocycles. The largest absolute Gasteiger partial charge is 0.379 e. The van der Waals surface area contributed by atoms with Crippen LogP contribution >= 0.6 is 22.6 Å². The first-order valence-corrected chi connectivity index (χ1v) is 17.8. The van der Waals surface area contributed by atoms with E-state index in [0.29, 0.717) is 145 Å². The molecule has 0 atom stereocenters. The summed E-state index contributed by atoms with van der Waals surface area (Å²) in [6.45, 7) is 16.9. The van der Waals surface area contributed by atoms with E-state index in [1.807, 2.05) is 13.8 Å². The lowest BCUT2D eigenvalue weighted by molar-refractivity contribution is -0.0293. The molecule has 266 valence electrons. The minimum absolute atomic E-state index is 0.233. The Kier molecular flexibility index (Phi) is 41.5. The van der Waals surface area contributed by atoms with Crippen molar-refractivity contribution in [1.29, 1.82) is 0 Å². The van der Waals surface area contributed by atoms with Crippen LogP contribution < -0.4 is 0 Å². The Balaban J connectivity index is 3.03. The fourth-order valence-corrected chi connectivity index (χ4v) is 3.84. The lowest BCUT2D eigenvalue weighted by atomic mass is 10.2. The van der Waals surface area contributed by atoms with Gasteiger partial charge < -0.3 is 56.8 Å². The topological polar surface area (TPSA) is 111 Å². The maximum absolute atomic E-state index is 5.56. The van der Waals surface area contributed by atoms with Crippen LogP contribution in [0.3, 0.4) is 0 Å². The highest BCUT2D eigenvalue weighted by atomic mass is 127. The fourth-order valence-electron chi connectivity index (χ4n) is 3.30. The highest BCUT2D eigenvalue weighted by Gasteiger charge is 1.97. The number of alkyl halides is 1. The van der Waals surface area contributed by atoms with Crippen LogP contribution in [-0.4, -0.2) is 162 Å². The number of unbranched alkanes of at least 4 members (excludes halogenated alkanes) is 3. The van der Waals surface area contributed by atoms with Gasteiger partial charge in [-0.05, 0) is 31.1 Å². The quantitative estimate of drug-likeness (QED) is 0.0519. The van der Waals surface area contributed by atoms with Gasteiger partial charge in [0.1, 0.15) is 0 Å². The van der Waals surface area contributed by atoms with Gasteiger partial charge in [0, 0.05) is 6.61 Å². The molecule has 0 radical (unpaired) electrons. The van der Waals surface area contributed by atoms with E-state index in [2.05, 4.69) is 22.6 Å². The molecule has 44 heavy (non-hydrogen) atoms. The van der Waals surface area contributed by atoms with Crippen molar-refractivity contribution in [2.45, 2.75) is 45.6 Å². The van der Waals surface area contributed by atoms with Crippen LogP contribution in [0, 0.1) is 0 Å². The van der Waals surface area contributed by atoms with Gasteiger partial charge in [0.2, 0.25) is 0 Å². The van der Waals surface area contributed by atoms with Crippen molar-refractivity contribution in [1.82, 2.24) is 0 Å². The summed E-state index contributed by atoms with van der Waals surface area (Å²) in [6, 6.07) is 0. The van der Waals surface area contributed by atoms with Crippen molar-refractivity contribution in [2.24, 2.45) is 0 Å². The minimum atomic E-state index is 0.233. The second-order valence-corrected chi connectivity index (χ2v) is 10.8. The summed E-state index contributed by atoms with van der Waals surface area (Å²) in [6.07, 6.45) is 5.22. The zero-order valence-corrected chi connectivity index (χ0v) is 29.8. The molecule has 0 aliphatic rings. The molecule has 0 rings (SSSR count). The Bertz CT molecular complexity index is 508. The molecule has 0 saturated carbocycles. The van der Waals surface area contributed by atoms with Gasteiger partial charge in [-0.1, -0.05) is 35.4 Å². The molecule has 0 amide bonds. The standard InChI is InChI=1S/C31H63IO12/c1-31(2)44-30-29-43-28-27-42-26-25-41-24-23-40-22-21-39-20-19-38-18-17-37-16-15-36-14-13-35-12-11-34-10-9-33-8-6-4-3-5-7-32/h31H,3-30H2,1-2H3. The third-order valence-electron chi connectivity index (χ3n) is 5.57. The summed E-state index contributed by atoms with van der Waals surface area (Å²) in [5.74, 6) is 0. The van der Waals surface area contributed by atoms with Gasteiger partial charge in [0.05, 0.1) is 151 Å². The van der Waals surface area contributed by atoms with Crippen molar-refractivity contribution in [2.75, 3.05) is 156 Å². The van der Waals surface area contributed by atoms with Gasteiger partial charge in [0.15, 0.2) is 0 Å². The molecular formula is C31H63IO12. The first kappa shape index (κ1) is 44.2. The average molecular weight is 755 g/mol. The van der Waals surface area contributed by atoms with Crippen LogP contribution in [0.1, 0.15) is 39.5 Å². The highest BCUT2D eigenvalue weighted by molar-refractivity contribution is 14.1. The van der Waals surface area contributed by atoms with E-state index in [1.54, 1.807) is 0 Å². The molecule has 0 bridgehead atoms. The second kappa shape index (κ2) is 41.3. The van der Waals surface area contributed by atoms with E-state index in [9.17, 15) is 0 Å². The predicted octanol–water partition coefficient (Wildman–Crippen LogP) is 3.59. The summed E-state index contributed by atoms with van der Waals surface area (Å²) in [4.78, 5) is 0. The summed E-state index contributed by atoms with van der Waals surface area (Å²) >= 11 is 2.42. The molecule has 0 fully saturated rings. The van der Waals surface area contributed by atoms with Crippen molar-refractivity contribution in [3.63, 3.8) is 0 Å². The van der Waals surface area contributed by atoms with Crippen LogP contribution in [0.5, 0.6) is 0 Å². The Morgan fingerprint density at radius 3 is 0.773 bits per heavy atom. The third kappa shape index (κ3) is 42.2. The van der Waals surface area contributed by atoms with E-state index >= 15 is 0 Å². The van der Waals surface area contributed by atoms with E-state index in [4.69, 9.17) is 56.8 Å². The van der Waals surface area contributed by atoms with Crippen LogP contribution in [0.2, 0.25) is 0 Å². The smallest absolute Gasteiger partial charge is 0.0703 e. The van der Waals surface area contributed by atoms with Crippen LogP contribution in [0.15, 0.2) is 0 Å². The first-order valence-electron chi connectivity index (χ1n) is 16.3. The van der Waals surface area contributed by atoms with Gasteiger partial charge in [-0.3, -0.25) is 0 Å². The number of hydrogen-bond donors (Lipinski definition) is 0. The third-order valence-corrected chi connectivity index (χ3v) is 6.33. The monoisotopic (exact) mass is 754 g/mol. The molecule has 0 spiro atoms. The van der Waals surface area contributed by atoms with Crippen molar-refractivity contribution in [3.05, 3.63) is 0 Å². The van der Waals surface area contributed by atoms with Gasteiger partial charge in [-0.15, -0.1) is 0 Å². The van der Waals surface area contributed by atoms with E-state index < -0.39 is 0 Å². The Morgan fingerprint density at radius 2 is 0.523 bits per heavy atom. The molecule has 0 aromatic rings.